The number of rotatable bonds is 3. The number of para-hydroxylation sites is 1. The average Bonchev–Trinajstić information content (AvgIpc) is 2.88. The normalized spacial score (nSPS) is 25.9. The molecule has 0 aromatic heterocycles. The molecule has 114 valence electrons. The second-order valence-corrected chi connectivity index (χ2v) is 6.75. The summed E-state index contributed by atoms with van der Waals surface area (Å²) in [6, 6.07) is 8.28. The van der Waals surface area contributed by atoms with E-state index in [2.05, 4.69) is 30.0 Å². The van der Waals surface area contributed by atoms with Gasteiger partial charge in [-0.3, -0.25) is 9.69 Å². The highest BCUT2D eigenvalue weighted by molar-refractivity contribution is 5.96. The number of likely N-dealkylation sites (tertiary alicyclic amines) is 1. The molecule has 1 aromatic rings. The molecule has 0 bridgehead atoms. The summed E-state index contributed by atoms with van der Waals surface area (Å²) in [5.74, 6) is 0.225. The summed E-state index contributed by atoms with van der Waals surface area (Å²) in [7, 11) is 0. The molecule has 3 rings (SSSR count). The van der Waals surface area contributed by atoms with Crippen molar-refractivity contribution in [3.63, 3.8) is 0 Å². The zero-order chi connectivity index (χ0) is 14.9. The van der Waals surface area contributed by atoms with Crippen molar-refractivity contribution in [3.8, 4) is 0 Å². The second-order valence-electron chi connectivity index (χ2n) is 6.75. The number of nitrogens with two attached hydrogens (primary N) is 1. The molecular weight excluding hydrogens is 262 g/mol. The fraction of sp³-hybridized carbons (Fsp3) is 0.588. The van der Waals surface area contributed by atoms with E-state index in [0.717, 1.165) is 44.6 Å². The smallest absolute Gasteiger partial charge is 0.241 e. The van der Waals surface area contributed by atoms with Crippen LogP contribution in [-0.4, -0.2) is 43.5 Å². The van der Waals surface area contributed by atoms with Crippen LogP contribution < -0.4 is 10.6 Å². The fourth-order valence-electron chi connectivity index (χ4n) is 3.50. The third kappa shape index (κ3) is 2.97. The fourth-order valence-corrected chi connectivity index (χ4v) is 3.50. The van der Waals surface area contributed by atoms with Crippen LogP contribution in [0, 0.1) is 5.41 Å². The van der Waals surface area contributed by atoms with Crippen LogP contribution >= 0.6 is 0 Å². The number of amides is 1. The van der Waals surface area contributed by atoms with Crippen molar-refractivity contribution in [2.75, 3.05) is 37.6 Å². The maximum absolute atomic E-state index is 12.7. The lowest BCUT2D eigenvalue weighted by Gasteiger charge is -2.31. The lowest BCUT2D eigenvalue weighted by atomic mass is 9.90. The molecular formula is C17H25N3O. The monoisotopic (exact) mass is 287 g/mol. The van der Waals surface area contributed by atoms with Crippen molar-refractivity contribution < 1.29 is 4.79 Å². The number of hydrogen-bond donors (Lipinski definition) is 1. The van der Waals surface area contributed by atoms with Gasteiger partial charge in [-0.2, -0.15) is 0 Å². The molecule has 1 atom stereocenters. The van der Waals surface area contributed by atoms with Crippen molar-refractivity contribution in [1.29, 1.82) is 0 Å². The first-order chi connectivity index (χ1) is 10.1. The number of benzene rings is 1. The molecule has 2 aliphatic heterocycles. The molecule has 1 amide bonds. The molecule has 1 unspecified atom stereocenters. The summed E-state index contributed by atoms with van der Waals surface area (Å²) in [5.41, 5.74) is 8.43. The average molecular weight is 287 g/mol. The molecule has 0 spiro atoms. The molecule has 0 aliphatic carbocycles. The minimum absolute atomic E-state index is 0.181. The van der Waals surface area contributed by atoms with Crippen LogP contribution in [0.5, 0.6) is 0 Å². The van der Waals surface area contributed by atoms with Crippen molar-refractivity contribution in [3.05, 3.63) is 29.8 Å². The van der Waals surface area contributed by atoms with Crippen LogP contribution in [0.2, 0.25) is 0 Å². The Bertz CT molecular complexity index is 531. The Morgan fingerprint density at radius 1 is 1.33 bits per heavy atom. The summed E-state index contributed by atoms with van der Waals surface area (Å²) in [6.45, 7) is 6.19. The first-order valence-corrected chi connectivity index (χ1v) is 7.92. The number of hydrogen-bond acceptors (Lipinski definition) is 3. The molecule has 2 heterocycles. The summed E-state index contributed by atoms with van der Waals surface area (Å²) >= 11 is 0. The zero-order valence-corrected chi connectivity index (χ0v) is 12.8. The van der Waals surface area contributed by atoms with Crippen LogP contribution in [0.25, 0.3) is 0 Å². The highest BCUT2D eigenvalue weighted by Gasteiger charge is 2.34. The molecule has 21 heavy (non-hydrogen) atoms. The number of nitrogens with zero attached hydrogens (tertiary/aromatic N) is 2. The van der Waals surface area contributed by atoms with Gasteiger partial charge in [0.25, 0.3) is 0 Å². The zero-order valence-electron chi connectivity index (χ0n) is 12.8. The van der Waals surface area contributed by atoms with E-state index in [1.165, 1.54) is 5.56 Å². The minimum Gasteiger partial charge on any atom is -0.330 e. The van der Waals surface area contributed by atoms with Crippen molar-refractivity contribution in [2.45, 2.75) is 26.2 Å². The number of carbonyl (C=O) groups excluding carboxylic acids is 1. The molecule has 4 heteroatoms. The van der Waals surface area contributed by atoms with Crippen LogP contribution in [0.4, 0.5) is 5.69 Å². The van der Waals surface area contributed by atoms with E-state index in [-0.39, 0.29) is 11.3 Å². The van der Waals surface area contributed by atoms with E-state index in [4.69, 9.17) is 5.73 Å². The summed E-state index contributed by atoms with van der Waals surface area (Å²) in [6.07, 6.45) is 3.23. The van der Waals surface area contributed by atoms with Gasteiger partial charge in [0.15, 0.2) is 0 Å². The molecule has 1 fully saturated rings. The van der Waals surface area contributed by atoms with Gasteiger partial charge in [-0.05, 0) is 49.4 Å². The minimum atomic E-state index is 0.181. The second kappa shape index (κ2) is 5.78. The highest BCUT2D eigenvalue weighted by atomic mass is 16.2. The summed E-state index contributed by atoms with van der Waals surface area (Å²) in [5, 5.41) is 0. The Morgan fingerprint density at radius 2 is 2.14 bits per heavy atom. The first kappa shape index (κ1) is 14.5. The van der Waals surface area contributed by atoms with Gasteiger partial charge in [-0.15, -0.1) is 0 Å². The van der Waals surface area contributed by atoms with Crippen LogP contribution in [0.3, 0.4) is 0 Å². The molecule has 2 aliphatic rings. The molecule has 0 saturated carbocycles. The molecule has 1 aromatic carbocycles. The summed E-state index contributed by atoms with van der Waals surface area (Å²) < 4.78 is 0. The van der Waals surface area contributed by atoms with E-state index in [9.17, 15) is 4.79 Å². The standard InChI is InChI=1S/C17H25N3O/c1-17(12-18)8-10-19(13-17)11-16(21)20-9-4-6-14-5-2-3-7-15(14)20/h2-3,5,7H,4,6,8-13,18H2,1H3. The number of fused-ring (bicyclic) bond motifs is 1. The maximum Gasteiger partial charge on any atom is 0.241 e. The highest BCUT2D eigenvalue weighted by Crippen LogP contribution is 2.30. The van der Waals surface area contributed by atoms with Gasteiger partial charge in [0.1, 0.15) is 0 Å². The SMILES string of the molecule is CC1(CN)CCN(CC(=O)N2CCCc3ccccc32)C1. The van der Waals surface area contributed by atoms with E-state index in [0.29, 0.717) is 13.1 Å². The third-order valence-corrected chi connectivity index (χ3v) is 4.90. The van der Waals surface area contributed by atoms with Crippen molar-refractivity contribution >= 4 is 11.6 Å². The van der Waals surface area contributed by atoms with Gasteiger partial charge < -0.3 is 10.6 Å². The number of anilines is 1. The predicted molar refractivity (Wildman–Crippen MR) is 85.3 cm³/mol. The van der Waals surface area contributed by atoms with Crippen LogP contribution in [0.1, 0.15) is 25.3 Å². The Balaban J connectivity index is 1.67. The molecule has 1 saturated heterocycles. The predicted octanol–water partition coefficient (Wildman–Crippen LogP) is 1.64. The molecule has 2 N–H and O–H groups in total. The number of aryl methyl sites for hydroxylation is 1. The van der Waals surface area contributed by atoms with Gasteiger partial charge >= 0.3 is 0 Å². The van der Waals surface area contributed by atoms with Crippen LogP contribution in [0.15, 0.2) is 24.3 Å². The lowest BCUT2D eigenvalue weighted by molar-refractivity contribution is -0.119. The van der Waals surface area contributed by atoms with E-state index in [1.807, 2.05) is 11.0 Å². The van der Waals surface area contributed by atoms with E-state index >= 15 is 0 Å². The topological polar surface area (TPSA) is 49.6 Å². The molecule has 0 radical (unpaired) electrons. The maximum atomic E-state index is 12.7. The van der Waals surface area contributed by atoms with Crippen molar-refractivity contribution in [2.24, 2.45) is 11.1 Å². The van der Waals surface area contributed by atoms with Crippen molar-refractivity contribution in [1.82, 2.24) is 4.90 Å². The molecule has 4 nitrogen and oxygen atoms in total. The van der Waals surface area contributed by atoms with Gasteiger partial charge in [0.2, 0.25) is 5.91 Å². The van der Waals surface area contributed by atoms with Gasteiger partial charge in [0.05, 0.1) is 6.54 Å². The quantitative estimate of drug-likeness (QED) is 0.919. The largest absolute Gasteiger partial charge is 0.330 e. The Kier molecular flexibility index (Phi) is 4.00. The van der Waals surface area contributed by atoms with Gasteiger partial charge in [0, 0.05) is 18.8 Å². The van der Waals surface area contributed by atoms with Gasteiger partial charge in [-0.1, -0.05) is 25.1 Å². The lowest BCUT2D eigenvalue weighted by Crippen LogP contribution is -2.43. The van der Waals surface area contributed by atoms with Gasteiger partial charge in [-0.25, -0.2) is 0 Å². The Morgan fingerprint density at radius 3 is 2.90 bits per heavy atom. The Labute approximate surface area is 126 Å². The Hall–Kier alpha value is -1.39. The van der Waals surface area contributed by atoms with E-state index < -0.39 is 0 Å². The van der Waals surface area contributed by atoms with E-state index in [1.54, 1.807) is 0 Å². The number of carbonyl (C=O) groups is 1. The third-order valence-electron chi connectivity index (χ3n) is 4.90. The first-order valence-electron chi connectivity index (χ1n) is 7.92. The van der Waals surface area contributed by atoms with Crippen LogP contribution in [-0.2, 0) is 11.2 Å². The summed E-state index contributed by atoms with van der Waals surface area (Å²) in [4.78, 5) is 16.9.